The fraction of sp³-hybridized carbons (Fsp3) is 0.267. The molecule has 0 N–H and O–H groups in total. The van der Waals surface area contributed by atoms with Crippen molar-refractivity contribution in [1.82, 2.24) is 0 Å². The summed E-state index contributed by atoms with van der Waals surface area (Å²) in [7, 11) is 1.83. The number of benzene rings is 1. The Hall–Kier alpha value is -1.32. The van der Waals surface area contributed by atoms with Gasteiger partial charge in [0.2, 0.25) is 5.91 Å². The molecule has 0 aliphatic carbocycles. The standard InChI is InChI=1S/C15H14ClNOS/c1-17-12-6-4-11(9-10(12)5-7-14(17)18)15(16)13-3-2-8-19-13/h2-4,6,8-9,15H,5,7H2,1H3. The topological polar surface area (TPSA) is 20.3 Å². The number of amides is 1. The third-order valence-electron chi connectivity index (χ3n) is 3.53. The van der Waals surface area contributed by atoms with Gasteiger partial charge in [0.05, 0.1) is 5.38 Å². The fourth-order valence-electron chi connectivity index (χ4n) is 2.43. The number of nitrogens with zero attached hydrogens (tertiary/aromatic N) is 1. The van der Waals surface area contributed by atoms with E-state index in [0.717, 1.165) is 22.5 Å². The van der Waals surface area contributed by atoms with Crippen LogP contribution in [0.1, 0.15) is 27.8 Å². The summed E-state index contributed by atoms with van der Waals surface area (Å²) in [6, 6.07) is 10.2. The Bertz CT molecular complexity index is 609. The van der Waals surface area contributed by atoms with Gasteiger partial charge in [0.15, 0.2) is 0 Å². The van der Waals surface area contributed by atoms with Crippen LogP contribution in [-0.4, -0.2) is 13.0 Å². The first-order chi connectivity index (χ1) is 9.16. The van der Waals surface area contributed by atoms with Gasteiger partial charge in [-0.1, -0.05) is 18.2 Å². The smallest absolute Gasteiger partial charge is 0.227 e. The number of hydrogen-bond donors (Lipinski definition) is 0. The van der Waals surface area contributed by atoms with Gasteiger partial charge in [-0.15, -0.1) is 22.9 Å². The zero-order valence-electron chi connectivity index (χ0n) is 10.6. The quantitative estimate of drug-likeness (QED) is 0.766. The van der Waals surface area contributed by atoms with E-state index in [-0.39, 0.29) is 11.3 Å². The van der Waals surface area contributed by atoms with Gasteiger partial charge in [0.25, 0.3) is 0 Å². The monoisotopic (exact) mass is 291 g/mol. The van der Waals surface area contributed by atoms with Crippen molar-refractivity contribution in [3.8, 4) is 0 Å². The molecule has 1 atom stereocenters. The zero-order chi connectivity index (χ0) is 13.4. The van der Waals surface area contributed by atoms with Crippen molar-refractivity contribution in [1.29, 1.82) is 0 Å². The second kappa shape index (κ2) is 4.99. The van der Waals surface area contributed by atoms with Crippen LogP contribution in [0.15, 0.2) is 35.7 Å². The van der Waals surface area contributed by atoms with Gasteiger partial charge in [-0.2, -0.15) is 0 Å². The molecule has 1 amide bonds. The molecular formula is C15H14ClNOS. The molecule has 98 valence electrons. The molecule has 19 heavy (non-hydrogen) atoms. The summed E-state index contributed by atoms with van der Waals surface area (Å²) >= 11 is 8.18. The largest absolute Gasteiger partial charge is 0.315 e. The Balaban J connectivity index is 1.96. The van der Waals surface area contributed by atoms with Gasteiger partial charge < -0.3 is 4.90 Å². The maximum atomic E-state index is 11.7. The van der Waals surface area contributed by atoms with Crippen LogP contribution in [-0.2, 0) is 11.2 Å². The summed E-state index contributed by atoms with van der Waals surface area (Å²) in [5.41, 5.74) is 3.32. The summed E-state index contributed by atoms with van der Waals surface area (Å²) in [4.78, 5) is 14.6. The molecule has 3 rings (SSSR count). The molecule has 2 nitrogen and oxygen atoms in total. The van der Waals surface area contributed by atoms with Crippen molar-refractivity contribution in [3.63, 3.8) is 0 Å². The van der Waals surface area contributed by atoms with E-state index in [1.807, 2.05) is 30.6 Å². The van der Waals surface area contributed by atoms with Crippen molar-refractivity contribution in [2.45, 2.75) is 18.2 Å². The van der Waals surface area contributed by atoms with E-state index in [1.165, 1.54) is 5.56 Å². The lowest BCUT2D eigenvalue weighted by atomic mass is 9.97. The van der Waals surface area contributed by atoms with Gasteiger partial charge in [0, 0.05) is 24.0 Å². The second-order valence-electron chi connectivity index (χ2n) is 4.72. The fourth-order valence-corrected chi connectivity index (χ4v) is 3.52. The maximum absolute atomic E-state index is 11.7. The molecule has 4 heteroatoms. The first kappa shape index (κ1) is 12.7. The molecule has 2 aromatic rings. The van der Waals surface area contributed by atoms with E-state index in [1.54, 1.807) is 16.2 Å². The number of anilines is 1. The number of hydrogen-bond acceptors (Lipinski definition) is 2. The van der Waals surface area contributed by atoms with E-state index < -0.39 is 0 Å². The molecule has 0 fully saturated rings. The van der Waals surface area contributed by atoms with E-state index in [2.05, 4.69) is 12.1 Å². The van der Waals surface area contributed by atoms with Gasteiger partial charge in [-0.05, 0) is 35.1 Å². The summed E-state index contributed by atoms with van der Waals surface area (Å²) < 4.78 is 0. The number of fused-ring (bicyclic) bond motifs is 1. The lowest BCUT2D eigenvalue weighted by molar-refractivity contribution is -0.118. The highest BCUT2D eigenvalue weighted by Crippen LogP contribution is 2.35. The average molecular weight is 292 g/mol. The summed E-state index contributed by atoms with van der Waals surface area (Å²) in [5.74, 6) is 0.181. The first-order valence-electron chi connectivity index (χ1n) is 6.23. The van der Waals surface area contributed by atoms with Crippen molar-refractivity contribution >= 4 is 34.5 Å². The van der Waals surface area contributed by atoms with Crippen LogP contribution in [0.2, 0.25) is 0 Å². The van der Waals surface area contributed by atoms with Crippen LogP contribution in [0.5, 0.6) is 0 Å². The predicted octanol–water partition coefficient (Wildman–Crippen LogP) is 3.99. The van der Waals surface area contributed by atoms with Crippen LogP contribution in [0.25, 0.3) is 0 Å². The molecule has 1 aromatic carbocycles. The maximum Gasteiger partial charge on any atom is 0.227 e. The molecule has 2 heterocycles. The van der Waals surface area contributed by atoms with Gasteiger partial charge >= 0.3 is 0 Å². The third kappa shape index (κ3) is 2.28. The predicted molar refractivity (Wildman–Crippen MR) is 80.2 cm³/mol. The van der Waals surface area contributed by atoms with Crippen LogP contribution < -0.4 is 4.90 Å². The molecule has 0 spiro atoms. The Morgan fingerprint density at radius 3 is 2.89 bits per heavy atom. The Kier molecular flexibility index (Phi) is 3.33. The number of rotatable bonds is 2. The van der Waals surface area contributed by atoms with E-state index in [0.29, 0.717) is 6.42 Å². The zero-order valence-corrected chi connectivity index (χ0v) is 12.2. The second-order valence-corrected chi connectivity index (χ2v) is 6.13. The highest BCUT2D eigenvalue weighted by molar-refractivity contribution is 7.10. The van der Waals surface area contributed by atoms with Crippen molar-refractivity contribution in [3.05, 3.63) is 51.7 Å². The molecule has 0 bridgehead atoms. The van der Waals surface area contributed by atoms with E-state index >= 15 is 0 Å². The Labute approximate surface area is 121 Å². The minimum atomic E-state index is -0.103. The number of halogens is 1. The normalized spacial score (nSPS) is 16.3. The number of carbonyl (C=O) groups is 1. The highest BCUT2D eigenvalue weighted by Gasteiger charge is 2.22. The van der Waals surface area contributed by atoms with E-state index in [4.69, 9.17) is 11.6 Å². The lowest BCUT2D eigenvalue weighted by Gasteiger charge is -2.26. The van der Waals surface area contributed by atoms with Crippen LogP contribution in [0, 0.1) is 0 Å². The number of aryl methyl sites for hydroxylation is 1. The molecule has 1 unspecified atom stereocenters. The molecule has 1 aromatic heterocycles. The molecule has 1 aliphatic heterocycles. The molecule has 0 saturated carbocycles. The number of thiophene rings is 1. The highest BCUT2D eigenvalue weighted by atomic mass is 35.5. The Morgan fingerprint density at radius 1 is 1.32 bits per heavy atom. The molecular weight excluding hydrogens is 278 g/mol. The van der Waals surface area contributed by atoms with Gasteiger partial charge in [-0.25, -0.2) is 0 Å². The van der Waals surface area contributed by atoms with Crippen molar-refractivity contribution < 1.29 is 4.79 Å². The summed E-state index contributed by atoms with van der Waals surface area (Å²) in [6.45, 7) is 0. The lowest BCUT2D eigenvalue weighted by Crippen LogP contribution is -2.31. The first-order valence-corrected chi connectivity index (χ1v) is 7.55. The Morgan fingerprint density at radius 2 is 2.16 bits per heavy atom. The van der Waals surface area contributed by atoms with Gasteiger partial charge in [0.1, 0.15) is 0 Å². The van der Waals surface area contributed by atoms with Crippen LogP contribution in [0.4, 0.5) is 5.69 Å². The van der Waals surface area contributed by atoms with Crippen LogP contribution in [0.3, 0.4) is 0 Å². The minimum Gasteiger partial charge on any atom is -0.315 e. The molecule has 0 radical (unpaired) electrons. The van der Waals surface area contributed by atoms with Crippen LogP contribution >= 0.6 is 22.9 Å². The average Bonchev–Trinajstić information content (AvgIpc) is 2.96. The number of alkyl halides is 1. The van der Waals surface area contributed by atoms with Crippen molar-refractivity contribution in [2.75, 3.05) is 11.9 Å². The number of carbonyl (C=O) groups excluding carboxylic acids is 1. The third-order valence-corrected chi connectivity index (χ3v) is 5.09. The van der Waals surface area contributed by atoms with E-state index in [9.17, 15) is 4.79 Å². The minimum absolute atomic E-state index is 0.103. The molecule has 0 saturated heterocycles. The SMILES string of the molecule is CN1C(=O)CCc2cc(C(Cl)c3cccs3)ccc21. The van der Waals surface area contributed by atoms with Crippen molar-refractivity contribution in [2.24, 2.45) is 0 Å². The summed E-state index contributed by atoms with van der Waals surface area (Å²) in [5, 5.41) is 1.93. The van der Waals surface area contributed by atoms with Gasteiger partial charge in [-0.3, -0.25) is 4.79 Å². The summed E-state index contributed by atoms with van der Waals surface area (Å²) in [6.07, 6.45) is 1.39. The molecule has 1 aliphatic rings.